The van der Waals surface area contributed by atoms with Gasteiger partial charge in [0.1, 0.15) is 5.37 Å². The summed E-state index contributed by atoms with van der Waals surface area (Å²) in [5, 5.41) is 3.10. The minimum Gasteiger partial charge on any atom is -0.345 e. The SMILES string of the molecule is CC[C@@H](NC(=O)c1ccc([C@H]2SCC(=O)N2Cc2ccccc2)cc1)c1ccccc1. The summed E-state index contributed by atoms with van der Waals surface area (Å²) < 4.78 is 0. The summed E-state index contributed by atoms with van der Waals surface area (Å²) in [7, 11) is 0. The van der Waals surface area contributed by atoms with Crippen LogP contribution in [-0.4, -0.2) is 22.5 Å². The van der Waals surface area contributed by atoms with Crippen LogP contribution in [0.25, 0.3) is 0 Å². The molecule has 3 aromatic rings. The molecule has 4 nitrogen and oxygen atoms in total. The number of amides is 2. The first-order valence-electron chi connectivity index (χ1n) is 10.6. The predicted octanol–water partition coefficient (Wildman–Crippen LogP) is 5.34. The van der Waals surface area contributed by atoms with Crippen molar-refractivity contribution in [3.63, 3.8) is 0 Å². The van der Waals surface area contributed by atoms with Crippen molar-refractivity contribution < 1.29 is 9.59 Å². The minimum absolute atomic E-state index is 0.0160. The molecule has 1 fully saturated rings. The molecular formula is C26H26N2O2S. The van der Waals surface area contributed by atoms with Gasteiger partial charge in [-0.15, -0.1) is 11.8 Å². The number of nitrogens with zero attached hydrogens (tertiary/aromatic N) is 1. The van der Waals surface area contributed by atoms with E-state index in [9.17, 15) is 9.59 Å². The molecule has 158 valence electrons. The molecule has 1 heterocycles. The molecule has 0 unspecified atom stereocenters. The van der Waals surface area contributed by atoms with Gasteiger partial charge in [-0.1, -0.05) is 79.7 Å². The molecule has 1 aliphatic rings. The quantitative estimate of drug-likeness (QED) is 0.550. The van der Waals surface area contributed by atoms with Crippen LogP contribution in [-0.2, 0) is 11.3 Å². The van der Waals surface area contributed by atoms with Crippen LogP contribution in [0.15, 0.2) is 84.9 Å². The maximum absolute atomic E-state index is 12.8. The summed E-state index contributed by atoms with van der Waals surface area (Å²) in [4.78, 5) is 27.2. The van der Waals surface area contributed by atoms with E-state index in [0.29, 0.717) is 17.9 Å². The smallest absolute Gasteiger partial charge is 0.251 e. The number of nitrogens with one attached hydrogen (secondary N) is 1. The average molecular weight is 431 g/mol. The van der Waals surface area contributed by atoms with Crippen LogP contribution in [0.3, 0.4) is 0 Å². The van der Waals surface area contributed by atoms with E-state index < -0.39 is 0 Å². The zero-order chi connectivity index (χ0) is 21.6. The van der Waals surface area contributed by atoms with Crippen molar-refractivity contribution >= 4 is 23.6 Å². The van der Waals surface area contributed by atoms with E-state index >= 15 is 0 Å². The second-order valence-corrected chi connectivity index (χ2v) is 8.71. The fourth-order valence-corrected chi connectivity index (χ4v) is 5.02. The Morgan fingerprint density at radius 2 is 1.65 bits per heavy atom. The Morgan fingerprint density at radius 1 is 1.00 bits per heavy atom. The first kappa shape index (κ1) is 21.2. The normalized spacial score (nSPS) is 16.9. The third-order valence-corrected chi connectivity index (χ3v) is 6.79. The Bertz CT molecular complexity index is 1020. The van der Waals surface area contributed by atoms with E-state index in [1.165, 1.54) is 0 Å². The molecule has 0 aliphatic carbocycles. The largest absolute Gasteiger partial charge is 0.345 e. The molecule has 0 spiro atoms. The number of thioether (sulfide) groups is 1. The highest BCUT2D eigenvalue weighted by Crippen LogP contribution is 2.39. The molecule has 5 heteroatoms. The van der Waals surface area contributed by atoms with Crippen LogP contribution in [0.4, 0.5) is 0 Å². The molecule has 0 radical (unpaired) electrons. The molecule has 2 amide bonds. The highest BCUT2D eigenvalue weighted by atomic mass is 32.2. The number of rotatable bonds is 7. The van der Waals surface area contributed by atoms with Gasteiger partial charge in [0, 0.05) is 12.1 Å². The van der Waals surface area contributed by atoms with Crippen molar-refractivity contribution in [2.24, 2.45) is 0 Å². The highest BCUT2D eigenvalue weighted by molar-refractivity contribution is 8.00. The summed E-state index contributed by atoms with van der Waals surface area (Å²) in [6.45, 7) is 2.66. The van der Waals surface area contributed by atoms with Crippen molar-refractivity contribution in [3.8, 4) is 0 Å². The van der Waals surface area contributed by atoms with Crippen molar-refractivity contribution in [1.29, 1.82) is 0 Å². The lowest BCUT2D eigenvalue weighted by Gasteiger charge is -2.24. The Balaban J connectivity index is 1.45. The predicted molar refractivity (Wildman–Crippen MR) is 126 cm³/mol. The number of hydrogen-bond acceptors (Lipinski definition) is 3. The van der Waals surface area contributed by atoms with Crippen molar-refractivity contribution in [2.45, 2.75) is 31.3 Å². The van der Waals surface area contributed by atoms with Gasteiger partial charge in [0.05, 0.1) is 11.8 Å². The number of carbonyl (C=O) groups is 2. The molecule has 2 atom stereocenters. The van der Waals surface area contributed by atoms with E-state index in [0.717, 1.165) is 23.1 Å². The van der Waals surface area contributed by atoms with Gasteiger partial charge in [-0.3, -0.25) is 9.59 Å². The van der Waals surface area contributed by atoms with E-state index in [4.69, 9.17) is 0 Å². The molecule has 1 aliphatic heterocycles. The van der Waals surface area contributed by atoms with Gasteiger partial charge < -0.3 is 10.2 Å². The molecule has 3 aromatic carbocycles. The monoisotopic (exact) mass is 430 g/mol. The third kappa shape index (κ3) is 5.00. The van der Waals surface area contributed by atoms with Crippen LogP contribution in [0, 0.1) is 0 Å². The highest BCUT2D eigenvalue weighted by Gasteiger charge is 2.32. The van der Waals surface area contributed by atoms with Crippen LogP contribution in [0.2, 0.25) is 0 Å². The summed E-state index contributed by atoms with van der Waals surface area (Å²) in [5.74, 6) is 0.544. The van der Waals surface area contributed by atoms with Gasteiger partial charge in [0.25, 0.3) is 5.91 Å². The Hall–Kier alpha value is -3.05. The lowest BCUT2D eigenvalue weighted by atomic mass is 10.0. The molecule has 0 bridgehead atoms. The zero-order valence-corrected chi connectivity index (χ0v) is 18.3. The zero-order valence-electron chi connectivity index (χ0n) is 17.5. The van der Waals surface area contributed by atoms with Crippen molar-refractivity contribution in [3.05, 3.63) is 107 Å². The summed E-state index contributed by atoms with van der Waals surface area (Å²) in [6.07, 6.45) is 0.823. The van der Waals surface area contributed by atoms with Gasteiger partial charge in [-0.05, 0) is 35.2 Å². The fraction of sp³-hybridized carbons (Fsp3) is 0.231. The Kier molecular flexibility index (Phi) is 6.73. The van der Waals surface area contributed by atoms with Crippen LogP contribution >= 0.6 is 11.8 Å². The van der Waals surface area contributed by atoms with Crippen LogP contribution in [0.1, 0.15) is 51.8 Å². The second-order valence-electron chi connectivity index (χ2n) is 7.64. The molecular weight excluding hydrogens is 404 g/mol. The standard InChI is InChI=1S/C26H26N2O2S/c1-2-23(20-11-7-4-8-12-20)27-25(30)21-13-15-22(16-14-21)26-28(24(29)18-31-26)17-19-9-5-3-6-10-19/h3-16,23,26H,2,17-18H2,1H3,(H,27,30)/t23-,26-/m1/s1. The van der Waals surface area contributed by atoms with Gasteiger partial charge in [0.15, 0.2) is 0 Å². The molecule has 4 rings (SSSR count). The van der Waals surface area contributed by atoms with Gasteiger partial charge in [0.2, 0.25) is 5.91 Å². The first-order chi connectivity index (χ1) is 15.2. The summed E-state index contributed by atoms with van der Waals surface area (Å²) in [6, 6.07) is 27.7. The fourth-order valence-electron chi connectivity index (χ4n) is 3.83. The van der Waals surface area contributed by atoms with Gasteiger partial charge in [-0.2, -0.15) is 0 Å². The van der Waals surface area contributed by atoms with Crippen LogP contribution in [0.5, 0.6) is 0 Å². The lowest BCUT2D eigenvalue weighted by Crippen LogP contribution is -2.28. The minimum atomic E-state index is -0.0847. The third-order valence-electron chi connectivity index (χ3n) is 5.54. The van der Waals surface area contributed by atoms with E-state index in [2.05, 4.69) is 12.2 Å². The maximum Gasteiger partial charge on any atom is 0.251 e. The van der Waals surface area contributed by atoms with E-state index in [-0.39, 0.29) is 23.2 Å². The lowest BCUT2D eigenvalue weighted by molar-refractivity contribution is -0.128. The Labute approximate surface area is 187 Å². The molecule has 0 aromatic heterocycles. The number of hydrogen-bond donors (Lipinski definition) is 1. The molecule has 1 saturated heterocycles. The summed E-state index contributed by atoms with van der Waals surface area (Å²) >= 11 is 1.63. The van der Waals surface area contributed by atoms with Crippen molar-refractivity contribution in [2.75, 3.05) is 5.75 Å². The second kappa shape index (κ2) is 9.84. The Morgan fingerprint density at radius 3 is 2.29 bits per heavy atom. The van der Waals surface area contributed by atoms with E-state index in [1.807, 2.05) is 89.8 Å². The average Bonchev–Trinajstić information content (AvgIpc) is 3.18. The molecule has 1 N–H and O–H groups in total. The molecule has 31 heavy (non-hydrogen) atoms. The topological polar surface area (TPSA) is 49.4 Å². The van der Waals surface area contributed by atoms with Gasteiger partial charge >= 0.3 is 0 Å². The first-order valence-corrected chi connectivity index (χ1v) is 11.6. The summed E-state index contributed by atoms with van der Waals surface area (Å²) in [5.41, 5.74) is 3.89. The van der Waals surface area contributed by atoms with Crippen LogP contribution < -0.4 is 5.32 Å². The van der Waals surface area contributed by atoms with E-state index in [1.54, 1.807) is 11.8 Å². The number of benzene rings is 3. The van der Waals surface area contributed by atoms with Gasteiger partial charge in [-0.25, -0.2) is 0 Å². The maximum atomic E-state index is 12.8. The number of carbonyl (C=O) groups excluding carboxylic acids is 2. The van der Waals surface area contributed by atoms with Crippen molar-refractivity contribution in [1.82, 2.24) is 10.2 Å². The molecule has 0 saturated carbocycles.